The van der Waals surface area contributed by atoms with Crippen LogP contribution >= 0.6 is 0 Å². The fourth-order valence-electron chi connectivity index (χ4n) is 4.19. The van der Waals surface area contributed by atoms with Gasteiger partial charge in [0, 0.05) is 43.8 Å². The minimum absolute atomic E-state index is 0. The molecule has 0 saturated heterocycles. The van der Waals surface area contributed by atoms with Crippen molar-refractivity contribution in [3.63, 3.8) is 0 Å². The van der Waals surface area contributed by atoms with Crippen LogP contribution in [0.5, 0.6) is 0 Å². The normalized spacial score (nSPS) is 16.1. The summed E-state index contributed by atoms with van der Waals surface area (Å²) in [6, 6.07) is 18.3. The van der Waals surface area contributed by atoms with Crippen LogP contribution in [-0.2, 0) is 20.1 Å². The molecule has 5 nitrogen and oxygen atoms in total. The van der Waals surface area contributed by atoms with Crippen molar-refractivity contribution in [1.29, 1.82) is 0 Å². The molecule has 1 radical (unpaired) electrons. The molecule has 0 amide bonds. The monoisotopic (exact) mass is 578 g/mol. The molecule has 0 bridgehead atoms. The Balaban J connectivity index is 0.00000128. The second-order valence-electron chi connectivity index (χ2n) is 8.02. The van der Waals surface area contributed by atoms with E-state index in [1.807, 2.05) is 6.07 Å². The average Bonchev–Trinajstić information content (AvgIpc) is 3.32. The molecule has 3 heterocycles. The Kier molecular flexibility index (Phi) is 6.21. The Morgan fingerprint density at radius 2 is 1.57 bits per heavy atom. The summed E-state index contributed by atoms with van der Waals surface area (Å²) in [5, 5.41) is 12.6. The largest absolute Gasteiger partial charge is 0.366 e. The number of aromatic nitrogens is 3. The fourth-order valence-corrected chi connectivity index (χ4v) is 4.19. The van der Waals surface area contributed by atoms with E-state index in [4.69, 9.17) is 0 Å². The topological polar surface area (TPSA) is 46.0 Å². The van der Waals surface area contributed by atoms with Gasteiger partial charge in [0.1, 0.15) is 23.6 Å². The number of rotatable bonds is 3. The van der Waals surface area contributed by atoms with Gasteiger partial charge in [-0.15, -0.1) is 21.3 Å². The summed E-state index contributed by atoms with van der Waals surface area (Å²) < 4.78 is 2.23. The van der Waals surface area contributed by atoms with Gasteiger partial charge in [-0.3, -0.25) is 4.57 Å². The second-order valence-corrected chi connectivity index (χ2v) is 8.02. The maximum atomic E-state index is 4.53. The van der Waals surface area contributed by atoms with E-state index in [1.54, 1.807) is 0 Å². The average molecular weight is 578 g/mol. The molecule has 0 spiro atoms. The first kappa shape index (κ1) is 22.3. The molecular formula is C24H27IrN5-2. The van der Waals surface area contributed by atoms with Gasteiger partial charge in [0.15, 0.2) is 0 Å². The molecule has 1 unspecified atom stereocenters. The number of para-hydroxylation sites is 1. The number of benzene rings is 2. The molecule has 0 saturated carbocycles. The Labute approximate surface area is 192 Å². The molecule has 0 aliphatic carbocycles. The summed E-state index contributed by atoms with van der Waals surface area (Å²) in [4.78, 5) is 2.36. The van der Waals surface area contributed by atoms with Crippen LogP contribution in [-0.4, -0.2) is 14.8 Å². The van der Waals surface area contributed by atoms with E-state index in [9.17, 15) is 0 Å². The van der Waals surface area contributed by atoms with E-state index < -0.39 is 0 Å². The standard InChI is InChI=1S/C23H24N5.CH3.Ir/c1-14(2)21-25-26-22(15(3)4)28(21)20-13-24-23-18-11-6-5-9-16(18)17-10-7-8-12-19(17)27(20)23;;/h5-10,12-15,23-24H,1-4H3;1H3;/q2*-1;. The van der Waals surface area contributed by atoms with Crippen LogP contribution in [0, 0.1) is 13.5 Å². The van der Waals surface area contributed by atoms with E-state index in [-0.39, 0.29) is 45.5 Å². The molecule has 159 valence electrons. The first-order valence-corrected chi connectivity index (χ1v) is 9.89. The van der Waals surface area contributed by atoms with E-state index in [2.05, 4.69) is 101 Å². The quantitative estimate of drug-likeness (QED) is 0.429. The zero-order valence-corrected chi connectivity index (χ0v) is 20.4. The van der Waals surface area contributed by atoms with E-state index in [0.717, 1.165) is 23.0 Å². The molecule has 30 heavy (non-hydrogen) atoms. The van der Waals surface area contributed by atoms with Crippen LogP contribution < -0.4 is 10.2 Å². The van der Waals surface area contributed by atoms with Crippen LogP contribution in [0.2, 0.25) is 0 Å². The van der Waals surface area contributed by atoms with E-state index >= 15 is 0 Å². The molecule has 5 rings (SSSR count). The van der Waals surface area contributed by atoms with E-state index in [1.165, 1.54) is 16.8 Å². The van der Waals surface area contributed by atoms with Crippen molar-refractivity contribution in [2.75, 3.05) is 4.90 Å². The van der Waals surface area contributed by atoms with Gasteiger partial charge in [-0.05, 0) is 11.6 Å². The summed E-state index contributed by atoms with van der Waals surface area (Å²) in [5.41, 5.74) is 4.82. The number of fused-ring (bicyclic) bond motifs is 6. The summed E-state index contributed by atoms with van der Waals surface area (Å²) in [6.07, 6.45) is 2.11. The van der Waals surface area contributed by atoms with Crippen LogP contribution in [0.25, 0.3) is 16.9 Å². The van der Waals surface area contributed by atoms with Crippen molar-refractivity contribution in [2.45, 2.75) is 45.7 Å². The van der Waals surface area contributed by atoms with Crippen molar-refractivity contribution >= 4 is 11.5 Å². The minimum atomic E-state index is 0. The maximum Gasteiger partial charge on any atom is 0.141 e. The smallest absolute Gasteiger partial charge is 0.141 e. The predicted octanol–water partition coefficient (Wildman–Crippen LogP) is 5.32. The summed E-state index contributed by atoms with van der Waals surface area (Å²) in [7, 11) is 0. The van der Waals surface area contributed by atoms with Gasteiger partial charge in [0.25, 0.3) is 0 Å². The molecule has 6 heteroatoms. The van der Waals surface area contributed by atoms with Gasteiger partial charge in [0.05, 0.1) is 0 Å². The SMILES string of the molecule is CC(C)c1nnc(C(C)C)n1C1=CNC2c3[c-]cccc3-c3ccccc3N12.[CH3-].[Ir]. The first-order chi connectivity index (χ1) is 13.6. The van der Waals surface area contributed by atoms with Gasteiger partial charge in [-0.25, -0.2) is 0 Å². The first-order valence-electron chi connectivity index (χ1n) is 9.89. The summed E-state index contributed by atoms with van der Waals surface area (Å²) >= 11 is 0. The summed E-state index contributed by atoms with van der Waals surface area (Å²) in [6.45, 7) is 8.66. The van der Waals surface area contributed by atoms with Crippen molar-refractivity contribution in [3.8, 4) is 11.1 Å². The second kappa shape index (κ2) is 8.37. The van der Waals surface area contributed by atoms with E-state index in [0.29, 0.717) is 0 Å². The van der Waals surface area contributed by atoms with Crippen molar-refractivity contribution in [1.82, 2.24) is 20.1 Å². The molecule has 2 aliphatic rings. The Bertz CT molecular complexity index is 1060. The third-order valence-corrected chi connectivity index (χ3v) is 5.47. The zero-order chi connectivity index (χ0) is 19.4. The number of nitrogens with one attached hydrogen (secondary N) is 1. The van der Waals surface area contributed by atoms with Crippen LogP contribution in [0.15, 0.2) is 48.7 Å². The molecule has 0 fully saturated rings. The van der Waals surface area contributed by atoms with Crippen LogP contribution in [0.3, 0.4) is 0 Å². The van der Waals surface area contributed by atoms with Crippen molar-refractivity contribution in [2.24, 2.45) is 0 Å². The van der Waals surface area contributed by atoms with Gasteiger partial charge >= 0.3 is 0 Å². The van der Waals surface area contributed by atoms with Gasteiger partial charge in [0.2, 0.25) is 0 Å². The molecule has 1 N–H and O–H groups in total. The Morgan fingerprint density at radius 3 is 2.23 bits per heavy atom. The van der Waals surface area contributed by atoms with Gasteiger partial charge in [-0.1, -0.05) is 45.9 Å². The molecule has 3 aromatic rings. The number of nitrogens with zero attached hydrogens (tertiary/aromatic N) is 4. The molecule has 1 atom stereocenters. The Hall–Kier alpha value is -2.43. The summed E-state index contributed by atoms with van der Waals surface area (Å²) in [5.74, 6) is 3.59. The number of hydrogen-bond donors (Lipinski definition) is 1. The fraction of sp³-hybridized carbons (Fsp3) is 0.292. The maximum absolute atomic E-state index is 4.53. The van der Waals surface area contributed by atoms with Crippen molar-refractivity contribution < 1.29 is 20.1 Å². The molecule has 2 aliphatic heterocycles. The van der Waals surface area contributed by atoms with Gasteiger partial charge in [-0.2, -0.15) is 24.3 Å². The third-order valence-electron chi connectivity index (χ3n) is 5.47. The van der Waals surface area contributed by atoms with Crippen LogP contribution in [0.1, 0.15) is 62.9 Å². The predicted molar refractivity (Wildman–Crippen MR) is 118 cm³/mol. The van der Waals surface area contributed by atoms with Crippen molar-refractivity contribution in [3.05, 3.63) is 79.4 Å². The Morgan fingerprint density at radius 1 is 0.933 bits per heavy atom. The molecular weight excluding hydrogens is 551 g/mol. The minimum Gasteiger partial charge on any atom is -0.366 e. The van der Waals surface area contributed by atoms with Crippen LogP contribution in [0.4, 0.5) is 5.69 Å². The molecule has 1 aromatic heterocycles. The number of anilines is 1. The third kappa shape index (κ3) is 3.19. The van der Waals surface area contributed by atoms with Gasteiger partial charge < -0.3 is 17.6 Å². The number of hydrogen-bond acceptors (Lipinski definition) is 4. The zero-order valence-electron chi connectivity index (χ0n) is 18.0. The molecule has 2 aromatic carbocycles.